The summed E-state index contributed by atoms with van der Waals surface area (Å²) in [5.74, 6) is 0. The van der Waals surface area contributed by atoms with Crippen LogP contribution in [0, 0.1) is 0 Å². The van der Waals surface area contributed by atoms with Gasteiger partial charge in [-0.1, -0.05) is 26.0 Å². The monoisotopic (exact) mass is 778 g/mol. The smallest absolute Gasteiger partial charge is 0.264 e. The Morgan fingerprint density at radius 1 is 0.769 bits per heavy atom. The van der Waals surface area contributed by atoms with Gasteiger partial charge in [0.1, 0.15) is 0 Å². The van der Waals surface area contributed by atoms with Crippen molar-refractivity contribution in [3.05, 3.63) is 56.5 Å². The topological polar surface area (TPSA) is 190 Å². The summed E-state index contributed by atoms with van der Waals surface area (Å²) in [6.45, 7) is 3.59. The van der Waals surface area contributed by atoms with E-state index in [1.54, 1.807) is 32.0 Å². The van der Waals surface area contributed by atoms with Crippen LogP contribution in [0.2, 0.25) is 0 Å². The molecule has 0 amide bonds. The Kier molecular flexibility index (Phi) is 16.4. The largest absolute Gasteiger partial charge is 0.392 e. The van der Waals surface area contributed by atoms with Gasteiger partial charge in [-0.15, -0.1) is 0 Å². The average Bonchev–Trinajstić information content (AvgIpc) is 2.77. The number of hydrogen-bond donors (Lipinski definition) is 3. The van der Waals surface area contributed by atoms with Crippen LogP contribution < -0.4 is 9.44 Å². The van der Waals surface area contributed by atoms with Gasteiger partial charge in [0.25, 0.3) is 10.1 Å². The molecule has 0 aliphatic carbocycles. The second kappa shape index (κ2) is 16.7. The van der Waals surface area contributed by atoms with E-state index in [-0.39, 0.29) is 29.5 Å². The van der Waals surface area contributed by atoms with E-state index in [0.29, 0.717) is 26.6 Å². The lowest BCUT2D eigenvalue weighted by Gasteiger charge is -2.09. The molecule has 39 heavy (non-hydrogen) atoms. The van der Waals surface area contributed by atoms with E-state index < -0.39 is 39.2 Å². The molecule has 0 aromatic heterocycles. The van der Waals surface area contributed by atoms with Gasteiger partial charge in [-0.25, -0.2) is 34.7 Å². The maximum Gasteiger partial charge on any atom is 0.264 e. The lowest BCUT2D eigenvalue weighted by Crippen LogP contribution is -2.23. The molecule has 224 valence electrons. The molecule has 0 atom stereocenters. The van der Waals surface area contributed by atoms with E-state index in [2.05, 4.69) is 56.2 Å². The highest BCUT2D eigenvalue weighted by atomic mass is 79.9. The van der Waals surface area contributed by atoms with Gasteiger partial charge in [0.05, 0.1) is 35.5 Å². The van der Waals surface area contributed by atoms with Gasteiger partial charge in [0, 0.05) is 32.7 Å². The Bertz CT molecular complexity index is 1530. The quantitative estimate of drug-likeness (QED) is 0.239. The number of nitrogens with one attached hydrogen (secondary N) is 2. The van der Waals surface area contributed by atoms with Crippen molar-refractivity contribution in [1.29, 1.82) is 0 Å². The Hall–Kier alpha value is -0.670. The summed E-state index contributed by atoms with van der Waals surface area (Å²) >= 11 is 6.31. The Balaban J connectivity index is 0.000000643. The first-order valence-electron chi connectivity index (χ1n) is 10.6. The molecule has 0 saturated carbocycles. The van der Waals surface area contributed by atoms with E-state index in [1.807, 2.05) is 0 Å². The minimum Gasteiger partial charge on any atom is -0.392 e. The zero-order valence-electron chi connectivity index (χ0n) is 21.2. The molecule has 0 aliphatic heterocycles. The highest BCUT2D eigenvalue weighted by Gasteiger charge is 2.18. The number of hydrogen-bond acceptors (Lipinski definition) is 10. The van der Waals surface area contributed by atoms with Crippen LogP contribution in [0.1, 0.15) is 25.0 Å². The standard InChI is InChI=1S/C10H14BrNO5S2.C9H12BrNO3S.CH3ClO2S/c1-3-12-19(15,16)10-6-8(4-5-9(10)11)7-17-18(2,13)14;1-2-11-15(13,14)9-5-7(6-12)3-4-8(9)10;1-5(2,3)4/h4-6,12H,3,7H2,1-2H3;3-5,11-12H,2,6H2,1H3;1H3. The Labute approximate surface area is 251 Å². The fraction of sp³-hybridized carbons (Fsp3) is 0.400. The van der Waals surface area contributed by atoms with Gasteiger partial charge >= 0.3 is 0 Å². The minimum absolute atomic E-state index is 0.0453. The van der Waals surface area contributed by atoms with Gasteiger partial charge < -0.3 is 5.11 Å². The molecule has 0 spiro atoms. The predicted molar refractivity (Wildman–Crippen MR) is 156 cm³/mol. The predicted octanol–water partition coefficient (Wildman–Crippen LogP) is 2.65. The van der Waals surface area contributed by atoms with E-state index in [0.717, 1.165) is 12.5 Å². The number of aliphatic hydroxyl groups is 1. The highest BCUT2D eigenvalue weighted by molar-refractivity contribution is 9.10. The fourth-order valence-electron chi connectivity index (χ4n) is 2.41. The van der Waals surface area contributed by atoms with Crippen molar-refractivity contribution < 1.29 is 43.0 Å². The third-order valence-corrected chi connectivity index (χ3v) is 9.49. The molecule has 3 N–H and O–H groups in total. The molecule has 0 aliphatic rings. The highest BCUT2D eigenvalue weighted by Crippen LogP contribution is 2.24. The van der Waals surface area contributed by atoms with E-state index in [9.17, 15) is 33.7 Å². The summed E-state index contributed by atoms with van der Waals surface area (Å²) in [6, 6.07) is 9.20. The lowest BCUT2D eigenvalue weighted by molar-refractivity contribution is 0.281. The number of sulfonamides is 2. The first-order valence-corrected chi connectivity index (χ1v) is 19.7. The lowest BCUT2D eigenvalue weighted by atomic mass is 10.2. The maximum atomic E-state index is 11.9. The van der Waals surface area contributed by atoms with Crippen molar-refractivity contribution >= 4 is 81.8 Å². The molecule has 2 aromatic carbocycles. The number of benzene rings is 2. The van der Waals surface area contributed by atoms with E-state index in [4.69, 9.17) is 5.11 Å². The van der Waals surface area contributed by atoms with Crippen LogP contribution in [0.15, 0.2) is 55.1 Å². The molecule has 0 unspecified atom stereocenters. The van der Waals surface area contributed by atoms with Crippen molar-refractivity contribution in [2.45, 2.75) is 36.9 Å². The number of rotatable bonds is 10. The van der Waals surface area contributed by atoms with Crippen LogP contribution in [0.4, 0.5) is 0 Å². The first kappa shape index (κ1) is 38.3. The third kappa shape index (κ3) is 16.4. The van der Waals surface area contributed by atoms with Crippen LogP contribution in [0.25, 0.3) is 0 Å². The second-order valence-electron chi connectivity index (χ2n) is 7.34. The van der Waals surface area contributed by atoms with Crippen LogP contribution in [0.3, 0.4) is 0 Å². The summed E-state index contributed by atoms with van der Waals surface area (Å²) in [4.78, 5) is 0.194. The van der Waals surface area contributed by atoms with Gasteiger partial charge in [-0.2, -0.15) is 8.42 Å². The number of halogens is 3. The molecule has 2 aromatic rings. The third-order valence-electron chi connectivity index (χ3n) is 3.86. The van der Waals surface area contributed by atoms with Gasteiger partial charge in [-0.05, 0) is 67.3 Å². The zero-order valence-corrected chi connectivity index (χ0v) is 28.4. The van der Waals surface area contributed by atoms with Crippen molar-refractivity contribution in [3.8, 4) is 0 Å². The molecule has 2 rings (SSSR count). The van der Waals surface area contributed by atoms with Gasteiger partial charge in [0.15, 0.2) is 0 Å². The van der Waals surface area contributed by atoms with Gasteiger partial charge in [0.2, 0.25) is 29.1 Å². The normalized spacial score (nSPS) is 12.1. The SMILES string of the molecule is CCNS(=O)(=O)c1cc(CO)ccc1Br.CCNS(=O)(=O)c1cc(COS(C)(=O)=O)ccc1Br.CS(=O)(=O)Cl. The molecule has 12 nitrogen and oxygen atoms in total. The summed E-state index contributed by atoms with van der Waals surface area (Å²) in [7, 11) is -9.36. The van der Waals surface area contributed by atoms with Gasteiger partial charge in [-0.3, -0.25) is 4.18 Å². The number of aliphatic hydroxyl groups excluding tert-OH is 1. The molecule has 0 saturated heterocycles. The molecule has 0 fully saturated rings. The first-order chi connectivity index (χ1) is 17.7. The van der Waals surface area contributed by atoms with Crippen molar-refractivity contribution in [2.75, 3.05) is 25.6 Å². The minimum atomic E-state index is -3.62. The summed E-state index contributed by atoms with van der Waals surface area (Å²) in [5, 5.41) is 8.92. The average molecular weight is 781 g/mol. The van der Waals surface area contributed by atoms with Crippen molar-refractivity contribution in [3.63, 3.8) is 0 Å². The zero-order chi connectivity index (χ0) is 30.7. The Morgan fingerprint density at radius 2 is 1.13 bits per heavy atom. The molecular weight excluding hydrogens is 752 g/mol. The summed E-state index contributed by atoms with van der Waals surface area (Å²) in [5.41, 5.74) is 1.01. The van der Waals surface area contributed by atoms with Crippen molar-refractivity contribution in [1.82, 2.24) is 9.44 Å². The van der Waals surface area contributed by atoms with Crippen LogP contribution >= 0.6 is 42.5 Å². The summed E-state index contributed by atoms with van der Waals surface area (Å²) < 4.78 is 98.1. The van der Waals surface area contributed by atoms with Crippen molar-refractivity contribution in [2.24, 2.45) is 0 Å². The van der Waals surface area contributed by atoms with Crippen LogP contribution in [0.5, 0.6) is 0 Å². The Morgan fingerprint density at radius 3 is 1.46 bits per heavy atom. The second-order valence-corrected chi connectivity index (χ2v) is 17.2. The maximum absolute atomic E-state index is 11.9. The summed E-state index contributed by atoms with van der Waals surface area (Å²) in [6.07, 6.45) is 1.86. The molecule has 0 heterocycles. The molecular formula is C20H29Br2ClN2O10S4. The fourth-order valence-corrected chi connectivity index (χ4v) is 6.86. The van der Waals surface area contributed by atoms with Crippen LogP contribution in [-0.2, 0) is 56.6 Å². The molecule has 19 heteroatoms. The van der Waals surface area contributed by atoms with E-state index in [1.165, 1.54) is 18.2 Å². The molecule has 0 radical (unpaired) electrons. The molecule has 0 bridgehead atoms. The van der Waals surface area contributed by atoms with E-state index >= 15 is 0 Å². The van der Waals surface area contributed by atoms with Crippen LogP contribution in [-0.4, -0.2) is 64.4 Å².